The predicted molar refractivity (Wildman–Crippen MR) is 132 cm³/mol. The Morgan fingerprint density at radius 2 is 1.97 bits per heavy atom. The molecule has 0 saturated carbocycles. The molecule has 0 spiro atoms. The van der Waals surface area contributed by atoms with Crippen molar-refractivity contribution in [3.05, 3.63) is 58.9 Å². The lowest BCUT2D eigenvalue weighted by atomic mass is 9.82. The van der Waals surface area contributed by atoms with Gasteiger partial charge in [0, 0.05) is 30.6 Å². The number of halogens is 1. The van der Waals surface area contributed by atoms with Crippen LogP contribution in [0.25, 0.3) is 22.3 Å². The molecule has 1 atom stereocenters. The van der Waals surface area contributed by atoms with Gasteiger partial charge in [-0.05, 0) is 65.7 Å². The Morgan fingerprint density at radius 3 is 2.51 bits per heavy atom. The van der Waals surface area contributed by atoms with Crippen LogP contribution >= 0.6 is 0 Å². The van der Waals surface area contributed by atoms with Crippen molar-refractivity contribution < 1.29 is 31.7 Å². The van der Waals surface area contributed by atoms with E-state index < -0.39 is 28.9 Å². The van der Waals surface area contributed by atoms with E-state index in [0.29, 0.717) is 22.9 Å². The Labute approximate surface area is 204 Å². The topological polar surface area (TPSA) is 123 Å². The minimum absolute atomic E-state index is 0.0114. The van der Waals surface area contributed by atoms with Crippen LogP contribution in [0.1, 0.15) is 41.3 Å². The maximum atomic E-state index is 13.4. The first-order chi connectivity index (χ1) is 16.4. The van der Waals surface area contributed by atoms with E-state index in [-0.39, 0.29) is 42.9 Å². The molecule has 8 nitrogen and oxygen atoms in total. The SMILES string of the molecule is CC(C)c1cc2c(C(N)=O)c(-c3ccc(F)cc3)oc2cc1CN(CC1COB(O)C1)S(C)(=O)=O. The summed E-state index contributed by atoms with van der Waals surface area (Å²) in [6, 6.07) is 9.11. The highest BCUT2D eigenvalue weighted by Crippen LogP contribution is 2.37. The summed E-state index contributed by atoms with van der Waals surface area (Å²) >= 11 is 0. The Hall–Kier alpha value is -2.73. The second-order valence-electron chi connectivity index (χ2n) is 9.32. The van der Waals surface area contributed by atoms with Crippen molar-refractivity contribution in [1.29, 1.82) is 0 Å². The minimum atomic E-state index is -3.57. The molecule has 35 heavy (non-hydrogen) atoms. The number of nitrogens with zero attached hydrogens (tertiary/aromatic N) is 1. The zero-order valence-electron chi connectivity index (χ0n) is 19.8. The van der Waals surface area contributed by atoms with E-state index in [1.807, 2.05) is 19.9 Å². The zero-order chi connectivity index (χ0) is 25.5. The van der Waals surface area contributed by atoms with E-state index in [1.54, 1.807) is 6.07 Å². The molecule has 3 aromatic rings. The fraction of sp³-hybridized carbons (Fsp3) is 0.375. The van der Waals surface area contributed by atoms with Crippen molar-refractivity contribution >= 4 is 34.0 Å². The quantitative estimate of drug-likeness (QED) is 0.456. The van der Waals surface area contributed by atoms with Gasteiger partial charge >= 0.3 is 7.12 Å². The summed E-state index contributed by atoms with van der Waals surface area (Å²) in [5.41, 5.74) is 8.36. The third-order valence-electron chi connectivity index (χ3n) is 6.26. The van der Waals surface area contributed by atoms with Gasteiger partial charge in [-0.2, -0.15) is 4.31 Å². The first-order valence-electron chi connectivity index (χ1n) is 11.3. The molecule has 0 aliphatic carbocycles. The minimum Gasteiger partial charge on any atom is -0.455 e. The number of rotatable bonds is 8. The lowest BCUT2D eigenvalue weighted by Crippen LogP contribution is -2.34. The van der Waals surface area contributed by atoms with Crippen LogP contribution in [0.4, 0.5) is 4.39 Å². The first kappa shape index (κ1) is 25.4. The first-order valence-corrected chi connectivity index (χ1v) is 13.2. The van der Waals surface area contributed by atoms with Crippen LogP contribution in [-0.2, 0) is 21.2 Å². The molecule has 2 heterocycles. The highest BCUT2D eigenvalue weighted by molar-refractivity contribution is 7.88. The number of hydrogen-bond acceptors (Lipinski definition) is 6. The van der Waals surface area contributed by atoms with E-state index in [1.165, 1.54) is 28.6 Å². The number of fused-ring (bicyclic) bond motifs is 1. The standard InChI is InChI=1S/C24H28BFN2O6S/c1-14(2)19-9-20-21(34-23(22(20)24(27)29)16-4-6-18(26)7-5-16)8-17(19)12-28(35(3,31)32)11-15-10-25(30)33-13-15/h4-9,14-15,30H,10-13H2,1-3H3,(H2,27,29). The Bertz CT molecular complexity index is 1360. The van der Waals surface area contributed by atoms with Crippen molar-refractivity contribution in [2.24, 2.45) is 11.7 Å². The van der Waals surface area contributed by atoms with Crippen LogP contribution in [-0.4, -0.2) is 50.2 Å². The molecule has 1 unspecified atom stereocenters. The smallest absolute Gasteiger partial charge is 0.454 e. The summed E-state index contributed by atoms with van der Waals surface area (Å²) in [6.07, 6.45) is 1.51. The van der Waals surface area contributed by atoms with Crippen molar-refractivity contribution in [2.45, 2.75) is 32.6 Å². The van der Waals surface area contributed by atoms with Crippen molar-refractivity contribution in [1.82, 2.24) is 4.31 Å². The molecule has 186 valence electrons. The molecular weight excluding hydrogens is 474 g/mol. The molecule has 1 aliphatic heterocycles. The van der Waals surface area contributed by atoms with Gasteiger partial charge in [0.25, 0.3) is 5.91 Å². The molecule has 2 aromatic carbocycles. The zero-order valence-corrected chi connectivity index (χ0v) is 20.6. The maximum absolute atomic E-state index is 13.4. The van der Waals surface area contributed by atoms with Crippen LogP contribution in [0, 0.1) is 11.7 Å². The van der Waals surface area contributed by atoms with E-state index in [2.05, 4.69) is 0 Å². The lowest BCUT2D eigenvalue weighted by molar-refractivity contribution is 0.100. The maximum Gasteiger partial charge on any atom is 0.454 e. The van der Waals surface area contributed by atoms with Gasteiger partial charge in [0.2, 0.25) is 10.0 Å². The average Bonchev–Trinajstić information content (AvgIpc) is 3.35. The number of sulfonamides is 1. The molecule has 0 radical (unpaired) electrons. The Morgan fingerprint density at radius 1 is 1.29 bits per heavy atom. The van der Waals surface area contributed by atoms with Gasteiger partial charge in [-0.15, -0.1) is 0 Å². The largest absolute Gasteiger partial charge is 0.455 e. The molecule has 1 aliphatic rings. The number of hydrogen-bond donors (Lipinski definition) is 2. The van der Waals surface area contributed by atoms with Crippen molar-refractivity contribution in [3.8, 4) is 11.3 Å². The summed E-state index contributed by atoms with van der Waals surface area (Å²) in [4.78, 5) is 12.4. The third kappa shape index (κ3) is 5.43. The van der Waals surface area contributed by atoms with Crippen LogP contribution in [0.3, 0.4) is 0 Å². The van der Waals surface area contributed by atoms with Crippen LogP contribution in [0.15, 0.2) is 40.8 Å². The normalized spacial score (nSPS) is 16.7. The van der Waals surface area contributed by atoms with Gasteiger partial charge in [-0.3, -0.25) is 4.79 Å². The number of nitrogens with two attached hydrogens (primary N) is 1. The lowest BCUT2D eigenvalue weighted by Gasteiger charge is -2.25. The van der Waals surface area contributed by atoms with E-state index in [9.17, 15) is 22.6 Å². The van der Waals surface area contributed by atoms with Gasteiger partial charge < -0.3 is 19.8 Å². The van der Waals surface area contributed by atoms with Gasteiger partial charge in [-0.25, -0.2) is 12.8 Å². The molecule has 1 fully saturated rings. The molecule has 1 aromatic heterocycles. The van der Waals surface area contributed by atoms with Crippen LogP contribution in [0.5, 0.6) is 0 Å². The molecule has 11 heteroatoms. The van der Waals surface area contributed by atoms with Crippen molar-refractivity contribution in [2.75, 3.05) is 19.4 Å². The molecule has 4 rings (SSSR count). The molecular formula is C24H28BFN2O6S. The summed E-state index contributed by atoms with van der Waals surface area (Å²) in [7, 11) is -4.46. The second kappa shape index (κ2) is 9.73. The Balaban J connectivity index is 1.80. The monoisotopic (exact) mass is 502 g/mol. The number of primary amides is 1. The Kier molecular flexibility index (Phi) is 7.05. The van der Waals surface area contributed by atoms with E-state index in [0.717, 1.165) is 17.4 Å². The number of carbonyl (C=O) groups excluding carboxylic acids is 1. The average molecular weight is 502 g/mol. The molecule has 3 N–H and O–H groups in total. The van der Waals surface area contributed by atoms with Crippen LogP contribution in [0.2, 0.25) is 6.32 Å². The van der Waals surface area contributed by atoms with Crippen LogP contribution < -0.4 is 5.73 Å². The van der Waals surface area contributed by atoms with Gasteiger partial charge in [0.15, 0.2) is 0 Å². The summed E-state index contributed by atoms with van der Waals surface area (Å²) in [6.45, 7) is 4.53. The van der Waals surface area contributed by atoms with Gasteiger partial charge in [0.1, 0.15) is 17.2 Å². The summed E-state index contributed by atoms with van der Waals surface area (Å²) in [5.74, 6) is -0.978. The fourth-order valence-corrected chi connectivity index (χ4v) is 5.37. The summed E-state index contributed by atoms with van der Waals surface area (Å²) < 4.78 is 51.3. The third-order valence-corrected chi connectivity index (χ3v) is 7.48. The van der Waals surface area contributed by atoms with E-state index >= 15 is 0 Å². The highest BCUT2D eigenvalue weighted by Gasteiger charge is 2.33. The number of benzene rings is 2. The number of furan rings is 1. The van der Waals surface area contributed by atoms with Crippen molar-refractivity contribution in [3.63, 3.8) is 0 Å². The fourth-order valence-electron chi connectivity index (χ4n) is 4.52. The second-order valence-corrected chi connectivity index (χ2v) is 11.3. The number of carbonyl (C=O) groups is 1. The van der Waals surface area contributed by atoms with Gasteiger partial charge in [-0.1, -0.05) is 13.8 Å². The molecule has 0 bridgehead atoms. The van der Waals surface area contributed by atoms with Gasteiger partial charge in [0.05, 0.1) is 11.8 Å². The highest BCUT2D eigenvalue weighted by atomic mass is 32.2. The summed E-state index contributed by atoms with van der Waals surface area (Å²) in [5, 5.41) is 10.2. The molecule has 1 saturated heterocycles. The predicted octanol–water partition coefficient (Wildman–Crippen LogP) is 3.35. The number of amides is 1. The molecule has 1 amide bonds. The van der Waals surface area contributed by atoms with E-state index in [4.69, 9.17) is 14.8 Å².